The number of likely N-dealkylation sites (tertiary alicyclic amines) is 1. The van der Waals surface area contributed by atoms with Crippen LogP contribution in [0.4, 0.5) is 0 Å². The van der Waals surface area contributed by atoms with E-state index in [0.29, 0.717) is 12.0 Å². The maximum Gasteiger partial charge on any atom is 0.307 e. The Hall–Kier alpha value is -0.610. The molecule has 0 saturated carbocycles. The SMILES string of the molecule is CC(C)NCC1CCCN(C(C)C(C)C(=O)O)C1. The van der Waals surface area contributed by atoms with Crippen molar-refractivity contribution in [2.45, 2.75) is 52.6 Å². The van der Waals surface area contributed by atoms with E-state index in [1.54, 1.807) is 0 Å². The van der Waals surface area contributed by atoms with Gasteiger partial charge in [0.1, 0.15) is 0 Å². The van der Waals surface area contributed by atoms with Gasteiger partial charge in [0, 0.05) is 18.6 Å². The van der Waals surface area contributed by atoms with E-state index in [1.165, 1.54) is 12.8 Å². The molecule has 0 aromatic carbocycles. The van der Waals surface area contributed by atoms with Gasteiger partial charge < -0.3 is 10.4 Å². The number of rotatable bonds is 6. The smallest absolute Gasteiger partial charge is 0.307 e. The highest BCUT2D eigenvalue weighted by Gasteiger charge is 2.29. The highest BCUT2D eigenvalue weighted by atomic mass is 16.4. The number of hydrogen-bond acceptors (Lipinski definition) is 3. The molecule has 0 aromatic rings. The van der Waals surface area contributed by atoms with Gasteiger partial charge in [0.2, 0.25) is 0 Å². The Bertz CT molecular complexity index is 269. The van der Waals surface area contributed by atoms with E-state index in [0.717, 1.165) is 19.6 Å². The van der Waals surface area contributed by atoms with Crippen molar-refractivity contribution in [3.63, 3.8) is 0 Å². The Morgan fingerprint density at radius 3 is 2.61 bits per heavy atom. The first-order chi connectivity index (χ1) is 8.41. The third-order valence-corrected chi connectivity index (χ3v) is 4.05. The average molecular weight is 256 g/mol. The van der Waals surface area contributed by atoms with Gasteiger partial charge in [0.25, 0.3) is 0 Å². The molecule has 0 aromatic heterocycles. The Morgan fingerprint density at radius 2 is 2.06 bits per heavy atom. The van der Waals surface area contributed by atoms with Gasteiger partial charge in [-0.2, -0.15) is 0 Å². The van der Waals surface area contributed by atoms with Crippen molar-refractivity contribution in [3.05, 3.63) is 0 Å². The third kappa shape index (κ3) is 4.58. The normalized spacial score (nSPS) is 25.1. The zero-order valence-corrected chi connectivity index (χ0v) is 12.1. The Balaban J connectivity index is 2.45. The van der Waals surface area contributed by atoms with Crippen LogP contribution in [0.5, 0.6) is 0 Å². The Kier molecular flexibility index (Phi) is 6.09. The van der Waals surface area contributed by atoms with Gasteiger partial charge in [-0.1, -0.05) is 20.8 Å². The van der Waals surface area contributed by atoms with Gasteiger partial charge in [0.05, 0.1) is 5.92 Å². The summed E-state index contributed by atoms with van der Waals surface area (Å²) >= 11 is 0. The number of nitrogens with zero attached hydrogens (tertiary/aromatic N) is 1. The van der Waals surface area contributed by atoms with Crippen LogP contribution in [0.15, 0.2) is 0 Å². The average Bonchev–Trinajstić information content (AvgIpc) is 2.34. The fraction of sp³-hybridized carbons (Fsp3) is 0.929. The first-order valence-corrected chi connectivity index (χ1v) is 7.12. The molecular weight excluding hydrogens is 228 g/mol. The van der Waals surface area contributed by atoms with Crippen LogP contribution in [0.1, 0.15) is 40.5 Å². The first-order valence-electron chi connectivity index (χ1n) is 7.12. The summed E-state index contributed by atoms with van der Waals surface area (Å²) in [5.41, 5.74) is 0. The lowest BCUT2D eigenvalue weighted by atomic mass is 9.93. The molecule has 1 heterocycles. The standard InChI is InChI=1S/C14H28N2O2/c1-10(2)15-8-13-6-5-7-16(9-13)12(4)11(3)14(17)18/h10-13,15H,5-9H2,1-4H3,(H,17,18). The van der Waals surface area contributed by atoms with Crippen LogP contribution in [-0.4, -0.2) is 47.7 Å². The van der Waals surface area contributed by atoms with Crippen molar-refractivity contribution in [3.8, 4) is 0 Å². The van der Waals surface area contributed by atoms with E-state index in [9.17, 15) is 4.79 Å². The number of aliphatic carboxylic acids is 1. The van der Waals surface area contributed by atoms with E-state index in [1.807, 2.05) is 13.8 Å². The first kappa shape index (κ1) is 15.4. The van der Waals surface area contributed by atoms with E-state index in [-0.39, 0.29) is 12.0 Å². The summed E-state index contributed by atoms with van der Waals surface area (Å²) in [7, 11) is 0. The minimum atomic E-state index is -0.690. The molecule has 3 atom stereocenters. The molecule has 1 aliphatic heterocycles. The van der Waals surface area contributed by atoms with Gasteiger partial charge in [-0.3, -0.25) is 9.69 Å². The lowest BCUT2D eigenvalue weighted by Crippen LogP contribution is -2.48. The number of carbonyl (C=O) groups is 1. The second-order valence-corrected chi connectivity index (χ2v) is 5.93. The molecule has 0 spiro atoms. The van der Waals surface area contributed by atoms with Crippen LogP contribution in [0, 0.1) is 11.8 Å². The van der Waals surface area contributed by atoms with Crippen molar-refractivity contribution < 1.29 is 9.90 Å². The summed E-state index contributed by atoms with van der Waals surface area (Å²) in [6.07, 6.45) is 2.44. The van der Waals surface area contributed by atoms with E-state index in [2.05, 4.69) is 24.1 Å². The molecular formula is C14H28N2O2. The fourth-order valence-corrected chi connectivity index (χ4v) is 2.56. The summed E-state index contributed by atoms with van der Waals surface area (Å²) in [5, 5.41) is 12.6. The summed E-state index contributed by atoms with van der Waals surface area (Å²) < 4.78 is 0. The highest BCUT2D eigenvalue weighted by molar-refractivity contribution is 5.70. The van der Waals surface area contributed by atoms with E-state index >= 15 is 0 Å². The van der Waals surface area contributed by atoms with Gasteiger partial charge in [0.15, 0.2) is 0 Å². The molecule has 18 heavy (non-hydrogen) atoms. The molecule has 0 bridgehead atoms. The number of carboxylic acids is 1. The number of piperidine rings is 1. The molecule has 1 fully saturated rings. The molecule has 1 saturated heterocycles. The van der Waals surface area contributed by atoms with Crippen LogP contribution >= 0.6 is 0 Å². The molecule has 3 unspecified atom stereocenters. The summed E-state index contributed by atoms with van der Waals surface area (Å²) in [5.74, 6) is -0.323. The minimum Gasteiger partial charge on any atom is -0.481 e. The number of nitrogens with one attached hydrogen (secondary N) is 1. The number of carboxylic acid groups (broad SMARTS) is 1. The minimum absolute atomic E-state index is 0.129. The summed E-state index contributed by atoms with van der Waals surface area (Å²) in [4.78, 5) is 13.4. The maximum atomic E-state index is 11.0. The summed E-state index contributed by atoms with van der Waals surface area (Å²) in [6, 6.07) is 0.653. The molecule has 0 aliphatic carbocycles. The fourth-order valence-electron chi connectivity index (χ4n) is 2.56. The molecule has 106 valence electrons. The van der Waals surface area contributed by atoms with Gasteiger partial charge in [-0.05, 0) is 38.8 Å². The highest BCUT2D eigenvalue weighted by Crippen LogP contribution is 2.21. The van der Waals surface area contributed by atoms with Crippen LogP contribution < -0.4 is 5.32 Å². The van der Waals surface area contributed by atoms with E-state index in [4.69, 9.17) is 5.11 Å². The lowest BCUT2D eigenvalue weighted by Gasteiger charge is -2.38. The maximum absolute atomic E-state index is 11.0. The van der Waals surface area contributed by atoms with E-state index < -0.39 is 5.97 Å². The topological polar surface area (TPSA) is 52.6 Å². The second kappa shape index (κ2) is 7.10. The van der Waals surface area contributed by atoms with Crippen LogP contribution in [0.25, 0.3) is 0 Å². The molecule has 4 heteroatoms. The predicted molar refractivity (Wildman–Crippen MR) is 73.7 cm³/mol. The van der Waals surface area contributed by atoms with Crippen molar-refractivity contribution in [1.82, 2.24) is 10.2 Å². The molecule has 4 nitrogen and oxygen atoms in total. The Morgan fingerprint density at radius 1 is 1.39 bits per heavy atom. The molecule has 2 N–H and O–H groups in total. The zero-order valence-electron chi connectivity index (χ0n) is 12.1. The predicted octanol–water partition coefficient (Wildman–Crippen LogP) is 1.81. The lowest BCUT2D eigenvalue weighted by molar-refractivity contribution is -0.143. The van der Waals surface area contributed by atoms with Crippen LogP contribution in [-0.2, 0) is 4.79 Å². The quantitative estimate of drug-likeness (QED) is 0.761. The zero-order chi connectivity index (χ0) is 13.7. The van der Waals surface area contributed by atoms with Gasteiger partial charge >= 0.3 is 5.97 Å². The van der Waals surface area contributed by atoms with Gasteiger partial charge in [-0.25, -0.2) is 0 Å². The molecule has 0 radical (unpaired) electrons. The van der Waals surface area contributed by atoms with Crippen molar-refractivity contribution in [1.29, 1.82) is 0 Å². The van der Waals surface area contributed by atoms with Crippen molar-refractivity contribution in [2.24, 2.45) is 11.8 Å². The van der Waals surface area contributed by atoms with Gasteiger partial charge in [-0.15, -0.1) is 0 Å². The summed E-state index contributed by atoms with van der Waals surface area (Å²) in [6.45, 7) is 11.3. The Labute approximate surface area is 111 Å². The number of hydrogen-bond donors (Lipinski definition) is 2. The van der Waals surface area contributed by atoms with Crippen molar-refractivity contribution in [2.75, 3.05) is 19.6 Å². The molecule has 0 amide bonds. The second-order valence-electron chi connectivity index (χ2n) is 5.93. The molecule has 1 aliphatic rings. The van der Waals surface area contributed by atoms with Crippen LogP contribution in [0.2, 0.25) is 0 Å². The third-order valence-electron chi connectivity index (χ3n) is 4.05. The largest absolute Gasteiger partial charge is 0.481 e. The van der Waals surface area contributed by atoms with Crippen LogP contribution in [0.3, 0.4) is 0 Å². The van der Waals surface area contributed by atoms with Crippen molar-refractivity contribution >= 4 is 5.97 Å². The molecule has 1 rings (SSSR count). The monoisotopic (exact) mass is 256 g/mol.